The van der Waals surface area contributed by atoms with E-state index in [0.29, 0.717) is 37.1 Å². The van der Waals surface area contributed by atoms with Crippen LogP contribution in [0.25, 0.3) is 0 Å². The molecular weight excluding hydrogens is 755 g/mol. The van der Waals surface area contributed by atoms with Crippen molar-refractivity contribution in [3.8, 4) is 0 Å². The zero-order chi connectivity index (χ0) is 41.1. The molecule has 0 aromatic heterocycles. The molecule has 1 aromatic carbocycles. The van der Waals surface area contributed by atoms with Crippen molar-refractivity contribution in [2.24, 2.45) is 10.4 Å². The zero-order valence-corrected chi connectivity index (χ0v) is 34.5. The van der Waals surface area contributed by atoms with Gasteiger partial charge in [-0.3, -0.25) is 19.8 Å². The van der Waals surface area contributed by atoms with Crippen LogP contribution < -0.4 is 15.7 Å². The average molecular weight is 811 g/mol. The normalized spacial score (nSPS) is 17.7. The summed E-state index contributed by atoms with van der Waals surface area (Å²) in [6.45, 7) is 10.3. The number of fused-ring (bicyclic) bond motifs is 1. The molecule has 15 heteroatoms. The number of hydrogen-bond acceptors (Lipinski definition) is 12. The molecule has 0 spiro atoms. The molecule has 0 atom stereocenters. The van der Waals surface area contributed by atoms with Gasteiger partial charge in [0.15, 0.2) is 0 Å². The predicted molar refractivity (Wildman–Crippen MR) is 222 cm³/mol. The number of carbonyl (C=O) groups excluding carboxylic acids is 4. The number of hydrogen-bond donors (Lipinski definition) is 5. The molecular formula is C41H56N5O8S2+. The second-order valence-electron chi connectivity index (χ2n) is 14.4. The van der Waals surface area contributed by atoms with Crippen molar-refractivity contribution in [2.45, 2.75) is 83.0 Å². The Kier molecular flexibility index (Phi) is 19.0. The number of amides is 2. The maximum Gasteiger partial charge on any atom is 0.332 e. The number of anilines is 1. The number of nitrogens with two attached hydrogens (primary N) is 1. The highest BCUT2D eigenvalue weighted by Crippen LogP contribution is 2.49. The molecule has 2 heterocycles. The van der Waals surface area contributed by atoms with E-state index in [4.69, 9.17) is 14.4 Å². The molecule has 0 unspecified atom stereocenters. The van der Waals surface area contributed by atoms with E-state index in [-0.39, 0.29) is 24.7 Å². The minimum Gasteiger partial charge on any atom is -0.344 e. The lowest BCUT2D eigenvalue weighted by Gasteiger charge is -2.27. The van der Waals surface area contributed by atoms with Crippen LogP contribution in [0.15, 0.2) is 99.7 Å². The highest BCUT2D eigenvalue weighted by Gasteiger charge is 2.40. The summed E-state index contributed by atoms with van der Waals surface area (Å²) in [7, 11) is 1.37. The summed E-state index contributed by atoms with van der Waals surface area (Å²) in [5, 5.41) is 12.0. The molecule has 13 nitrogen and oxygen atoms in total. The van der Waals surface area contributed by atoms with E-state index in [1.54, 1.807) is 17.8 Å². The fourth-order valence-corrected chi connectivity index (χ4v) is 6.97. The lowest BCUT2D eigenvalue weighted by Crippen LogP contribution is -2.78. The topological polar surface area (TPSA) is 186 Å². The van der Waals surface area contributed by atoms with Crippen molar-refractivity contribution in [2.75, 3.05) is 37.3 Å². The Balaban J connectivity index is 1.64. The number of nitrogens with one attached hydrogen (secondary N) is 1. The van der Waals surface area contributed by atoms with Gasteiger partial charge in [0, 0.05) is 89.9 Å². The second-order valence-corrected chi connectivity index (χ2v) is 15.7. The van der Waals surface area contributed by atoms with Crippen LogP contribution >= 0.6 is 24.1 Å². The van der Waals surface area contributed by atoms with Crippen LogP contribution in [0, 0.1) is 5.41 Å². The van der Waals surface area contributed by atoms with Gasteiger partial charge in [0.1, 0.15) is 12.5 Å². The molecule has 0 fully saturated rings. The Morgan fingerprint density at radius 2 is 1.77 bits per heavy atom. The highest BCUT2D eigenvalue weighted by atomic mass is 32.2. The van der Waals surface area contributed by atoms with Gasteiger partial charge in [-0.05, 0) is 72.4 Å². The Bertz CT molecular complexity index is 1760. The quantitative estimate of drug-likeness (QED) is 0.0178. The Morgan fingerprint density at radius 3 is 2.48 bits per heavy atom. The molecule has 6 N–H and O–H groups in total. The summed E-state index contributed by atoms with van der Waals surface area (Å²) < 4.78 is 18.7. The van der Waals surface area contributed by atoms with Crippen molar-refractivity contribution in [3.63, 3.8) is 0 Å². The Hall–Kier alpha value is -4.25. The van der Waals surface area contributed by atoms with Gasteiger partial charge >= 0.3 is 5.97 Å². The highest BCUT2D eigenvalue weighted by molar-refractivity contribution is 7.94. The standard InChI is InChI=1S/C41H55N5O8S2/c1-40(2)31(26-30(39(50)44-51)28-42-22-15-25-55-52)29-43-35(40)16-10-7-6-8-11-17-36-41(3,4)33-27-32(56-53)20-21-34(33)46(36)23-13-9-12-19-38(49)54-45(5)37(48)18-14-24-47/h6-8,10-11,16-17,20-21,24,26-28,42,51-53H,9,12-15,18-19,22-23,25,29H2,1-5H3,(H,44,50)/p+1/b7-6+,11-8+,16-10+,30-28+,31-26+,36-17+. The molecule has 304 valence electrons. The third kappa shape index (κ3) is 13.2. The van der Waals surface area contributed by atoms with Gasteiger partial charge in [-0.15, -0.1) is 0 Å². The summed E-state index contributed by atoms with van der Waals surface area (Å²) in [4.78, 5) is 59.9. The maximum atomic E-state index is 12.3. The van der Waals surface area contributed by atoms with E-state index >= 15 is 0 Å². The minimum absolute atomic E-state index is 0.00395. The van der Waals surface area contributed by atoms with Crippen LogP contribution in [-0.2, 0) is 29.4 Å². The number of rotatable bonds is 21. The summed E-state index contributed by atoms with van der Waals surface area (Å²) in [6, 6.07) is 5.96. The monoisotopic (exact) mass is 810 g/mol. The minimum atomic E-state index is -0.597. The molecule has 2 aliphatic heterocycles. The first-order valence-electron chi connectivity index (χ1n) is 18.7. The zero-order valence-electron chi connectivity index (χ0n) is 32.9. The molecule has 2 aliphatic rings. The number of benzene rings is 1. The predicted octanol–water partition coefficient (Wildman–Crippen LogP) is 6.31. The molecule has 0 saturated carbocycles. The second kappa shape index (κ2) is 23.1. The molecule has 0 radical (unpaired) electrons. The van der Waals surface area contributed by atoms with Crippen LogP contribution in [-0.4, -0.2) is 81.6 Å². The van der Waals surface area contributed by atoms with Crippen LogP contribution in [0.4, 0.5) is 5.69 Å². The van der Waals surface area contributed by atoms with Crippen molar-refractivity contribution >= 4 is 59.6 Å². The molecule has 3 rings (SSSR count). The SMILES string of the molecule is CN(OC(=O)CCCCCN1/C(=C/C=C/C=C/C=C/C2=NC/C(=C\C(=C/[NH2+]CCCSO)C(=O)NO)C2(C)C)C(C)(C)c2cc(SO)ccc21)C(=O)CCC=O. The summed E-state index contributed by atoms with van der Waals surface area (Å²) in [5.41, 5.74) is 6.41. The molecule has 0 aliphatic carbocycles. The van der Waals surface area contributed by atoms with Crippen LogP contribution in [0.5, 0.6) is 0 Å². The third-order valence-corrected chi connectivity index (χ3v) is 10.6. The van der Waals surface area contributed by atoms with Gasteiger partial charge < -0.3 is 29.0 Å². The van der Waals surface area contributed by atoms with E-state index < -0.39 is 23.2 Å². The maximum absolute atomic E-state index is 12.3. The van der Waals surface area contributed by atoms with Crippen LogP contribution in [0.2, 0.25) is 0 Å². The number of quaternary nitrogens is 1. The van der Waals surface area contributed by atoms with Crippen molar-refractivity contribution in [3.05, 3.63) is 95.4 Å². The Morgan fingerprint density at radius 1 is 1.02 bits per heavy atom. The molecule has 2 amide bonds. The van der Waals surface area contributed by atoms with Gasteiger partial charge in [-0.2, -0.15) is 5.06 Å². The summed E-state index contributed by atoms with van der Waals surface area (Å²) in [5.74, 6) is -0.908. The fourth-order valence-electron chi connectivity index (χ4n) is 6.38. The van der Waals surface area contributed by atoms with Crippen molar-refractivity contribution < 1.29 is 43.6 Å². The van der Waals surface area contributed by atoms with E-state index in [0.717, 1.165) is 88.1 Å². The van der Waals surface area contributed by atoms with Crippen molar-refractivity contribution in [1.82, 2.24) is 10.5 Å². The average Bonchev–Trinajstić information content (AvgIpc) is 3.57. The van der Waals surface area contributed by atoms with Crippen LogP contribution in [0.1, 0.15) is 78.2 Å². The third-order valence-electron chi connectivity index (χ3n) is 9.71. The number of hydroxylamine groups is 3. The number of aldehydes is 1. The van der Waals surface area contributed by atoms with Crippen LogP contribution in [0.3, 0.4) is 0 Å². The van der Waals surface area contributed by atoms with E-state index in [1.165, 1.54) is 7.05 Å². The lowest BCUT2D eigenvalue weighted by atomic mass is 9.81. The smallest absolute Gasteiger partial charge is 0.332 e. The van der Waals surface area contributed by atoms with Gasteiger partial charge in [0.05, 0.1) is 18.7 Å². The van der Waals surface area contributed by atoms with Gasteiger partial charge in [0.2, 0.25) is 0 Å². The molecule has 0 bridgehead atoms. The first-order valence-corrected chi connectivity index (χ1v) is 20.4. The number of unbranched alkanes of at least 4 members (excludes halogenated alkanes) is 2. The van der Waals surface area contributed by atoms with Crippen molar-refractivity contribution in [1.29, 1.82) is 0 Å². The number of aliphatic imine (C=N–C) groups is 1. The lowest BCUT2D eigenvalue weighted by molar-refractivity contribution is -0.588. The Labute approximate surface area is 338 Å². The van der Waals surface area contributed by atoms with E-state index in [2.05, 4.69) is 24.8 Å². The molecule has 56 heavy (non-hydrogen) atoms. The molecule has 0 saturated heterocycles. The first-order chi connectivity index (χ1) is 26.8. The summed E-state index contributed by atoms with van der Waals surface area (Å²) in [6.07, 6.45) is 21.1. The summed E-state index contributed by atoms with van der Waals surface area (Å²) >= 11 is 1.51. The first kappa shape index (κ1) is 46.1. The number of carbonyl (C=O) groups is 4. The number of nitrogens with zero attached hydrogens (tertiary/aromatic N) is 3. The van der Waals surface area contributed by atoms with Gasteiger partial charge in [-0.1, -0.05) is 64.5 Å². The van der Waals surface area contributed by atoms with E-state index in [9.17, 15) is 28.9 Å². The fraction of sp³-hybridized carbons (Fsp3) is 0.439. The van der Waals surface area contributed by atoms with Gasteiger partial charge in [0.25, 0.3) is 11.8 Å². The van der Waals surface area contributed by atoms with E-state index in [1.807, 2.05) is 73.8 Å². The molecule has 1 aromatic rings. The van der Waals surface area contributed by atoms with Gasteiger partial charge in [-0.25, -0.2) is 10.3 Å². The largest absolute Gasteiger partial charge is 0.344 e. The number of allylic oxidation sites excluding steroid dienone is 8.